The van der Waals surface area contributed by atoms with Crippen LogP contribution in [0.5, 0.6) is 11.5 Å². The Morgan fingerprint density at radius 3 is 2.75 bits per heavy atom. The normalized spacial score (nSPS) is 13.1. The molecular formula is C17H16O3. The first-order valence-electron chi connectivity index (χ1n) is 6.78. The highest BCUT2D eigenvalue weighted by atomic mass is 16.5. The summed E-state index contributed by atoms with van der Waals surface area (Å²) in [5.41, 5.74) is 3.71. The van der Waals surface area contributed by atoms with Crippen molar-refractivity contribution in [1.82, 2.24) is 0 Å². The molecule has 2 aromatic carbocycles. The molecule has 102 valence electrons. The smallest absolute Gasteiger partial charge is 0.339 e. The molecule has 1 N–H and O–H groups in total. The van der Waals surface area contributed by atoms with E-state index in [2.05, 4.69) is 6.07 Å². The highest BCUT2D eigenvalue weighted by Crippen LogP contribution is 2.32. The van der Waals surface area contributed by atoms with Gasteiger partial charge in [0.2, 0.25) is 0 Å². The fourth-order valence-electron chi connectivity index (χ4n) is 2.69. The molecule has 0 bridgehead atoms. The van der Waals surface area contributed by atoms with Crippen LogP contribution in [0.3, 0.4) is 0 Å². The summed E-state index contributed by atoms with van der Waals surface area (Å²) in [4.78, 5) is 11.3. The molecule has 3 heteroatoms. The Morgan fingerprint density at radius 2 is 1.95 bits per heavy atom. The number of carbonyl (C=O) groups is 1. The van der Waals surface area contributed by atoms with Crippen molar-refractivity contribution in [2.75, 3.05) is 0 Å². The molecule has 0 amide bonds. The summed E-state index contributed by atoms with van der Waals surface area (Å²) in [7, 11) is 0. The summed E-state index contributed by atoms with van der Waals surface area (Å²) in [6, 6.07) is 11.2. The van der Waals surface area contributed by atoms with Crippen molar-refractivity contribution in [3.05, 3.63) is 58.7 Å². The molecule has 0 atom stereocenters. The largest absolute Gasteiger partial charge is 0.478 e. The van der Waals surface area contributed by atoms with Gasteiger partial charge in [0.25, 0.3) is 0 Å². The summed E-state index contributed by atoms with van der Waals surface area (Å²) in [5.74, 6) is 0.172. The predicted octanol–water partition coefficient (Wildman–Crippen LogP) is 3.97. The van der Waals surface area contributed by atoms with E-state index in [1.807, 2.05) is 25.1 Å². The molecule has 0 spiro atoms. The zero-order valence-electron chi connectivity index (χ0n) is 11.3. The van der Waals surface area contributed by atoms with Crippen LogP contribution in [0.2, 0.25) is 0 Å². The molecular weight excluding hydrogens is 252 g/mol. The second-order valence-corrected chi connectivity index (χ2v) is 5.14. The van der Waals surface area contributed by atoms with E-state index < -0.39 is 5.97 Å². The third kappa shape index (κ3) is 2.27. The molecule has 0 aliphatic heterocycles. The molecule has 0 saturated carbocycles. The maximum absolute atomic E-state index is 11.3. The quantitative estimate of drug-likeness (QED) is 0.916. The van der Waals surface area contributed by atoms with Gasteiger partial charge in [0.05, 0.1) is 0 Å². The Balaban J connectivity index is 1.97. The van der Waals surface area contributed by atoms with Gasteiger partial charge in [-0.15, -0.1) is 0 Å². The van der Waals surface area contributed by atoms with Gasteiger partial charge < -0.3 is 9.84 Å². The number of carboxylic acid groups (broad SMARTS) is 1. The van der Waals surface area contributed by atoms with E-state index in [1.54, 1.807) is 12.1 Å². The van der Waals surface area contributed by atoms with Gasteiger partial charge in [-0.3, -0.25) is 0 Å². The monoisotopic (exact) mass is 268 g/mol. The first-order chi connectivity index (χ1) is 9.65. The molecule has 0 unspecified atom stereocenters. The standard InChI is InChI=1S/C17H16O3/c1-11-4-2-7-15(17(18)19)16(11)20-14-9-8-12-5-3-6-13(12)10-14/h2,4,7-10H,3,5-6H2,1H3,(H,18,19). The zero-order valence-corrected chi connectivity index (χ0v) is 11.3. The first-order valence-corrected chi connectivity index (χ1v) is 6.78. The van der Waals surface area contributed by atoms with Gasteiger partial charge >= 0.3 is 5.97 Å². The summed E-state index contributed by atoms with van der Waals surface area (Å²) in [6.07, 6.45) is 3.38. The first kappa shape index (κ1) is 12.7. The number of carboxylic acids is 1. The van der Waals surface area contributed by atoms with Crippen molar-refractivity contribution in [2.24, 2.45) is 0 Å². The Hall–Kier alpha value is -2.29. The van der Waals surface area contributed by atoms with E-state index in [-0.39, 0.29) is 5.56 Å². The second-order valence-electron chi connectivity index (χ2n) is 5.14. The number of ether oxygens (including phenoxy) is 1. The lowest BCUT2D eigenvalue weighted by Gasteiger charge is -2.12. The van der Waals surface area contributed by atoms with Crippen LogP contribution >= 0.6 is 0 Å². The molecule has 2 aromatic rings. The number of hydrogen-bond donors (Lipinski definition) is 1. The summed E-state index contributed by atoms with van der Waals surface area (Å²) >= 11 is 0. The topological polar surface area (TPSA) is 46.5 Å². The fourth-order valence-corrected chi connectivity index (χ4v) is 2.69. The number of benzene rings is 2. The maximum Gasteiger partial charge on any atom is 0.339 e. The van der Waals surface area contributed by atoms with Crippen molar-refractivity contribution >= 4 is 5.97 Å². The van der Waals surface area contributed by atoms with Crippen LogP contribution in [0.4, 0.5) is 0 Å². The molecule has 0 saturated heterocycles. The van der Waals surface area contributed by atoms with Crippen molar-refractivity contribution < 1.29 is 14.6 Å². The third-order valence-corrected chi connectivity index (χ3v) is 3.73. The van der Waals surface area contributed by atoms with E-state index in [9.17, 15) is 9.90 Å². The molecule has 3 rings (SSSR count). The molecule has 1 aliphatic carbocycles. The number of fused-ring (bicyclic) bond motifs is 1. The van der Waals surface area contributed by atoms with Crippen LogP contribution in [-0.4, -0.2) is 11.1 Å². The van der Waals surface area contributed by atoms with E-state index in [0.717, 1.165) is 18.4 Å². The Kier molecular flexibility index (Phi) is 3.18. The van der Waals surface area contributed by atoms with Crippen LogP contribution in [0.25, 0.3) is 0 Å². The predicted molar refractivity (Wildman–Crippen MR) is 76.7 cm³/mol. The third-order valence-electron chi connectivity index (χ3n) is 3.73. The van der Waals surface area contributed by atoms with Gasteiger partial charge in [-0.25, -0.2) is 4.79 Å². The van der Waals surface area contributed by atoms with E-state index in [4.69, 9.17) is 4.74 Å². The SMILES string of the molecule is Cc1cccc(C(=O)O)c1Oc1ccc2c(c1)CCC2. The number of hydrogen-bond acceptors (Lipinski definition) is 2. The van der Waals surface area contributed by atoms with Gasteiger partial charge in [0.1, 0.15) is 17.1 Å². The number of rotatable bonds is 3. The minimum absolute atomic E-state index is 0.200. The lowest BCUT2D eigenvalue weighted by Crippen LogP contribution is -2.01. The van der Waals surface area contributed by atoms with Crippen LogP contribution < -0.4 is 4.74 Å². The van der Waals surface area contributed by atoms with Crippen LogP contribution in [0.15, 0.2) is 36.4 Å². The van der Waals surface area contributed by atoms with E-state index in [0.29, 0.717) is 11.5 Å². The van der Waals surface area contributed by atoms with Gasteiger partial charge in [-0.05, 0) is 61.1 Å². The molecule has 0 fully saturated rings. The fraction of sp³-hybridized carbons (Fsp3) is 0.235. The molecule has 20 heavy (non-hydrogen) atoms. The second kappa shape index (κ2) is 5.00. The minimum atomic E-state index is -0.968. The minimum Gasteiger partial charge on any atom is -0.478 e. The van der Waals surface area contributed by atoms with Crippen molar-refractivity contribution in [1.29, 1.82) is 0 Å². The average molecular weight is 268 g/mol. The zero-order chi connectivity index (χ0) is 14.1. The summed E-state index contributed by atoms with van der Waals surface area (Å²) < 4.78 is 5.85. The van der Waals surface area contributed by atoms with Gasteiger partial charge in [-0.1, -0.05) is 18.2 Å². The number of para-hydroxylation sites is 1. The molecule has 0 heterocycles. The number of aryl methyl sites for hydroxylation is 3. The lowest BCUT2D eigenvalue weighted by molar-refractivity contribution is 0.0694. The lowest BCUT2D eigenvalue weighted by atomic mass is 10.1. The van der Waals surface area contributed by atoms with Crippen LogP contribution in [0.1, 0.15) is 33.5 Å². The summed E-state index contributed by atoms with van der Waals surface area (Å²) in [5, 5.41) is 9.24. The van der Waals surface area contributed by atoms with Gasteiger partial charge in [-0.2, -0.15) is 0 Å². The van der Waals surface area contributed by atoms with Crippen molar-refractivity contribution in [3.8, 4) is 11.5 Å². The maximum atomic E-state index is 11.3. The average Bonchev–Trinajstić information content (AvgIpc) is 2.88. The van der Waals surface area contributed by atoms with E-state index >= 15 is 0 Å². The number of aromatic carboxylic acids is 1. The van der Waals surface area contributed by atoms with Crippen molar-refractivity contribution in [3.63, 3.8) is 0 Å². The van der Waals surface area contributed by atoms with E-state index in [1.165, 1.54) is 17.5 Å². The molecule has 3 nitrogen and oxygen atoms in total. The molecule has 1 aliphatic rings. The Labute approximate surface area is 117 Å². The Bertz CT molecular complexity index is 674. The van der Waals surface area contributed by atoms with Gasteiger partial charge in [0.15, 0.2) is 0 Å². The molecule has 0 aromatic heterocycles. The molecule has 0 radical (unpaired) electrons. The Morgan fingerprint density at radius 1 is 1.15 bits per heavy atom. The summed E-state index contributed by atoms with van der Waals surface area (Å²) in [6.45, 7) is 1.86. The van der Waals surface area contributed by atoms with Crippen LogP contribution in [-0.2, 0) is 12.8 Å². The van der Waals surface area contributed by atoms with Crippen molar-refractivity contribution in [2.45, 2.75) is 26.2 Å². The highest BCUT2D eigenvalue weighted by molar-refractivity contribution is 5.91. The van der Waals surface area contributed by atoms with Gasteiger partial charge in [0, 0.05) is 0 Å². The van der Waals surface area contributed by atoms with Crippen LogP contribution in [0, 0.1) is 6.92 Å². The highest BCUT2D eigenvalue weighted by Gasteiger charge is 2.16.